The highest BCUT2D eigenvalue weighted by atomic mass is 35.5. The van der Waals surface area contributed by atoms with Gasteiger partial charge in [0.05, 0.1) is 40.1 Å². The van der Waals surface area contributed by atoms with E-state index in [2.05, 4.69) is 15.3 Å². The van der Waals surface area contributed by atoms with E-state index in [9.17, 15) is 18.0 Å². The topological polar surface area (TPSA) is 78.8 Å². The third-order valence-corrected chi connectivity index (χ3v) is 6.96. The Morgan fingerprint density at radius 2 is 1.77 bits per heavy atom. The van der Waals surface area contributed by atoms with Gasteiger partial charge in [-0.25, -0.2) is 14.5 Å². The van der Waals surface area contributed by atoms with Gasteiger partial charge in [0.2, 0.25) is 11.9 Å². The van der Waals surface area contributed by atoms with Crippen LogP contribution in [-0.4, -0.2) is 26.1 Å². The molecule has 0 atom stereocenters. The van der Waals surface area contributed by atoms with Crippen molar-refractivity contribution in [1.29, 1.82) is 0 Å². The Kier molecular flexibility index (Phi) is 6.26. The number of hydrogen-bond acceptors (Lipinski definition) is 5. The maximum absolute atomic E-state index is 13.9. The molecule has 198 valence electrons. The lowest BCUT2D eigenvalue weighted by molar-refractivity contribution is -0.137. The highest BCUT2D eigenvalue weighted by Crippen LogP contribution is 2.32. The summed E-state index contributed by atoms with van der Waals surface area (Å²) in [4.78, 5) is 28.0. The van der Waals surface area contributed by atoms with Crippen LogP contribution in [0.4, 0.5) is 25.1 Å². The number of H-pyrrole nitrogens is 1. The number of anilines is 2. The zero-order valence-corrected chi connectivity index (χ0v) is 21.2. The molecule has 0 radical (unpaired) electrons. The Morgan fingerprint density at radius 1 is 1.00 bits per heavy atom. The van der Waals surface area contributed by atoms with Crippen LogP contribution >= 0.6 is 11.6 Å². The smallest absolute Gasteiger partial charge is 0.351 e. The molecule has 0 amide bonds. The fraction of sp³-hybridized carbons (Fsp3) is 0.179. The molecule has 0 saturated heterocycles. The maximum atomic E-state index is 13.9. The summed E-state index contributed by atoms with van der Waals surface area (Å²) in [5, 5.41) is 3.94. The van der Waals surface area contributed by atoms with E-state index >= 15 is 0 Å². The summed E-state index contributed by atoms with van der Waals surface area (Å²) < 4.78 is 41.0. The molecule has 5 aromatic rings. The van der Waals surface area contributed by atoms with Crippen molar-refractivity contribution in [3.63, 3.8) is 0 Å². The van der Waals surface area contributed by atoms with Gasteiger partial charge in [0.1, 0.15) is 0 Å². The van der Waals surface area contributed by atoms with Gasteiger partial charge in [0.15, 0.2) is 0 Å². The summed E-state index contributed by atoms with van der Waals surface area (Å²) in [6, 6.07) is 20.1. The first-order valence-corrected chi connectivity index (χ1v) is 12.6. The van der Waals surface area contributed by atoms with Crippen molar-refractivity contribution in [3.05, 3.63) is 111 Å². The highest BCUT2D eigenvalue weighted by Gasteiger charge is 2.31. The number of hydrogen-bond donors (Lipinski definition) is 2. The SMILES string of the molecule is O=c1c2c(nc(NCc3ccc(Cl)cc3)n1-c1ccccc1)CCN(c1nc3ccc(C(F)(F)F)cc3[nH]1)C2. The minimum Gasteiger partial charge on any atom is -0.351 e. The Morgan fingerprint density at radius 3 is 2.51 bits per heavy atom. The van der Waals surface area contributed by atoms with Crippen LogP contribution in [0.15, 0.2) is 77.6 Å². The Balaban J connectivity index is 1.35. The lowest BCUT2D eigenvalue weighted by Gasteiger charge is -2.28. The number of nitrogens with zero attached hydrogens (tertiary/aromatic N) is 4. The van der Waals surface area contributed by atoms with E-state index in [4.69, 9.17) is 16.6 Å². The van der Waals surface area contributed by atoms with Crippen LogP contribution in [-0.2, 0) is 25.7 Å². The zero-order valence-electron chi connectivity index (χ0n) is 20.5. The highest BCUT2D eigenvalue weighted by molar-refractivity contribution is 6.30. The molecular weight excluding hydrogens is 529 g/mol. The molecule has 0 fully saturated rings. The molecule has 0 saturated carbocycles. The second kappa shape index (κ2) is 9.77. The number of rotatable bonds is 5. The summed E-state index contributed by atoms with van der Waals surface area (Å²) >= 11 is 6.00. The number of alkyl halides is 3. The van der Waals surface area contributed by atoms with Gasteiger partial charge in [-0.3, -0.25) is 4.79 Å². The van der Waals surface area contributed by atoms with Crippen molar-refractivity contribution in [3.8, 4) is 5.69 Å². The molecule has 7 nitrogen and oxygen atoms in total. The lowest BCUT2D eigenvalue weighted by Crippen LogP contribution is -2.39. The third kappa shape index (κ3) is 4.95. The predicted molar refractivity (Wildman–Crippen MR) is 144 cm³/mol. The zero-order chi connectivity index (χ0) is 27.1. The van der Waals surface area contributed by atoms with Crippen molar-refractivity contribution >= 4 is 34.5 Å². The molecule has 1 aliphatic heterocycles. The summed E-state index contributed by atoms with van der Waals surface area (Å²) in [5.74, 6) is 0.836. The summed E-state index contributed by atoms with van der Waals surface area (Å²) in [5.41, 5.74) is 2.58. The van der Waals surface area contributed by atoms with Crippen LogP contribution in [0, 0.1) is 0 Å². The van der Waals surface area contributed by atoms with Gasteiger partial charge >= 0.3 is 6.18 Å². The number of fused-ring (bicyclic) bond motifs is 2. The second-order valence-electron chi connectivity index (χ2n) is 9.28. The average molecular weight is 551 g/mol. The molecule has 0 unspecified atom stereocenters. The first kappa shape index (κ1) is 25.0. The molecule has 0 bridgehead atoms. The van der Waals surface area contributed by atoms with E-state index in [1.54, 1.807) is 16.7 Å². The fourth-order valence-corrected chi connectivity index (χ4v) is 4.82. The minimum absolute atomic E-state index is 0.218. The van der Waals surface area contributed by atoms with Gasteiger partial charge in [-0.15, -0.1) is 0 Å². The van der Waals surface area contributed by atoms with Crippen molar-refractivity contribution in [1.82, 2.24) is 19.5 Å². The number of nitrogens with one attached hydrogen (secondary N) is 2. The van der Waals surface area contributed by atoms with Crippen LogP contribution in [0.5, 0.6) is 0 Å². The number of imidazole rings is 1. The molecule has 3 heterocycles. The van der Waals surface area contributed by atoms with Crippen LogP contribution < -0.4 is 15.8 Å². The minimum atomic E-state index is -4.45. The number of halogens is 4. The van der Waals surface area contributed by atoms with Crippen molar-refractivity contribution in [2.75, 3.05) is 16.8 Å². The van der Waals surface area contributed by atoms with Crippen molar-refractivity contribution in [2.45, 2.75) is 25.7 Å². The van der Waals surface area contributed by atoms with E-state index in [1.165, 1.54) is 6.07 Å². The van der Waals surface area contributed by atoms with Crippen molar-refractivity contribution in [2.24, 2.45) is 0 Å². The third-order valence-electron chi connectivity index (χ3n) is 6.70. The molecular formula is C28H22ClF3N6O. The molecule has 3 aromatic carbocycles. The van der Waals surface area contributed by atoms with E-state index in [0.717, 1.165) is 17.7 Å². The second-order valence-corrected chi connectivity index (χ2v) is 9.71. The Labute approximate surface area is 225 Å². The van der Waals surface area contributed by atoms with E-state index in [-0.39, 0.29) is 17.6 Å². The number of aromatic amines is 1. The first-order chi connectivity index (χ1) is 18.8. The summed E-state index contributed by atoms with van der Waals surface area (Å²) in [7, 11) is 0. The standard InChI is InChI=1S/C28H22ClF3N6O/c29-19-9-6-17(7-10-19)15-33-26-34-22-12-13-37(16-21(22)25(39)38(26)20-4-2-1-3-5-20)27-35-23-11-8-18(28(30,31)32)14-24(23)36-27/h1-11,14H,12-13,15-16H2,(H,33,34)(H,35,36). The monoisotopic (exact) mass is 550 g/mol. The Bertz CT molecular complexity index is 1710. The van der Waals surface area contributed by atoms with Gasteiger partial charge in [-0.05, 0) is 48.0 Å². The Hall–Kier alpha value is -4.31. The van der Waals surface area contributed by atoms with Crippen LogP contribution in [0.25, 0.3) is 16.7 Å². The van der Waals surface area contributed by atoms with Gasteiger partial charge in [-0.1, -0.05) is 41.9 Å². The molecule has 1 aliphatic rings. The molecule has 2 aromatic heterocycles. The van der Waals surface area contributed by atoms with E-state index in [1.807, 2.05) is 47.4 Å². The maximum Gasteiger partial charge on any atom is 0.416 e. The summed E-state index contributed by atoms with van der Waals surface area (Å²) in [6.07, 6.45) is -3.97. The van der Waals surface area contributed by atoms with Crippen LogP contribution in [0.1, 0.15) is 22.4 Å². The predicted octanol–water partition coefficient (Wildman–Crippen LogP) is 5.96. The molecule has 6 rings (SSSR count). The molecule has 0 spiro atoms. The van der Waals surface area contributed by atoms with Crippen LogP contribution in [0.3, 0.4) is 0 Å². The van der Waals surface area contributed by atoms with Gasteiger partial charge in [-0.2, -0.15) is 13.2 Å². The van der Waals surface area contributed by atoms with Gasteiger partial charge < -0.3 is 15.2 Å². The van der Waals surface area contributed by atoms with E-state index in [0.29, 0.717) is 58.9 Å². The number of para-hydroxylation sites is 1. The largest absolute Gasteiger partial charge is 0.416 e. The lowest BCUT2D eigenvalue weighted by atomic mass is 10.1. The fourth-order valence-electron chi connectivity index (χ4n) is 4.70. The first-order valence-electron chi connectivity index (χ1n) is 12.3. The molecule has 39 heavy (non-hydrogen) atoms. The van der Waals surface area contributed by atoms with Gasteiger partial charge in [0, 0.05) is 24.5 Å². The van der Waals surface area contributed by atoms with Crippen molar-refractivity contribution < 1.29 is 13.2 Å². The average Bonchev–Trinajstić information content (AvgIpc) is 3.36. The quantitative estimate of drug-likeness (QED) is 0.282. The normalized spacial score (nSPS) is 13.5. The molecule has 11 heteroatoms. The van der Waals surface area contributed by atoms with Gasteiger partial charge in [0.25, 0.3) is 5.56 Å². The van der Waals surface area contributed by atoms with Crippen LogP contribution in [0.2, 0.25) is 5.02 Å². The summed E-state index contributed by atoms with van der Waals surface area (Å²) in [6.45, 7) is 1.16. The number of aromatic nitrogens is 4. The molecule has 2 N–H and O–H groups in total. The van der Waals surface area contributed by atoms with E-state index < -0.39 is 11.7 Å². The molecule has 0 aliphatic carbocycles. The number of benzene rings is 3.